The van der Waals surface area contributed by atoms with E-state index in [0.29, 0.717) is 17.5 Å². The predicted molar refractivity (Wildman–Crippen MR) is 109 cm³/mol. The quantitative estimate of drug-likeness (QED) is 0.215. The summed E-state index contributed by atoms with van der Waals surface area (Å²) in [5.41, 5.74) is 0. The van der Waals surface area contributed by atoms with E-state index in [0.717, 1.165) is 6.42 Å². The molecule has 2 aromatic rings. The fourth-order valence-electron chi connectivity index (χ4n) is 3.15. The van der Waals surface area contributed by atoms with Gasteiger partial charge in [0.25, 0.3) is 5.89 Å². The van der Waals surface area contributed by atoms with Crippen LogP contribution < -0.4 is 0 Å². The van der Waals surface area contributed by atoms with Crippen molar-refractivity contribution in [3.8, 4) is 11.7 Å². The summed E-state index contributed by atoms with van der Waals surface area (Å²) in [6.07, 6.45) is 19.0. The molecule has 0 bridgehead atoms. The zero-order valence-corrected chi connectivity index (χ0v) is 17.7. The van der Waals surface area contributed by atoms with E-state index in [9.17, 15) is 0 Å². The van der Waals surface area contributed by atoms with E-state index in [2.05, 4.69) is 33.1 Å². The molecule has 2 rings (SSSR count). The van der Waals surface area contributed by atoms with Crippen LogP contribution in [0.5, 0.6) is 0 Å². The Morgan fingerprint density at radius 1 is 0.885 bits per heavy atom. The average molecular weight is 425 g/mol. The maximum absolute atomic E-state index is 5.68. The highest BCUT2D eigenvalue weighted by Crippen LogP contribution is 2.30. The van der Waals surface area contributed by atoms with Gasteiger partial charge in [-0.1, -0.05) is 99.9 Å². The predicted octanol–water partition coefficient (Wildman–Crippen LogP) is 7.86. The highest BCUT2D eigenvalue weighted by Gasteiger charge is 2.17. The molecule has 4 nitrogen and oxygen atoms in total. The smallest absolute Gasteiger partial charge is 0.283 e. The zero-order chi connectivity index (χ0) is 18.5. The van der Waals surface area contributed by atoms with Gasteiger partial charge in [-0.15, -0.1) is 10.2 Å². The van der Waals surface area contributed by atoms with Crippen molar-refractivity contribution in [3.05, 3.63) is 24.3 Å². The van der Waals surface area contributed by atoms with Crippen molar-refractivity contribution in [2.24, 2.45) is 0 Å². The van der Waals surface area contributed by atoms with E-state index >= 15 is 0 Å². The normalized spacial score (nSPS) is 12.5. The Morgan fingerprint density at radius 2 is 1.50 bits per heavy atom. The van der Waals surface area contributed by atoms with Crippen molar-refractivity contribution in [2.45, 2.75) is 95.2 Å². The Labute approximate surface area is 166 Å². The number of hydrogen-bond donors (Lipinski definition) is 0. The van der Waals surface area contributed by atoms with Crippen LogP contribution in [0.3, 0.4) is 0 Å². The molecular weight excluding hydrogens is 392 g/mol. The van der Waals surface area contributed by atoms with E-state index in [4.69, 9.17) is 8.83 Å². The molecule has 1 unspecified atom stereocenters. The molecule has 2 aromatic heterocycles. The highest BCUT2D eigenvalue weighted by molar-refractivity contribution is 9.09. The van der Waals surface area contributed by atoms with Gasteiger partial charge in [-0.05, 0) is 18.6 Å². The largest absolute Gasteiger partial charge is 0.459 e. The number of furan rings is 1. The lowest BCUT2D eigenvalue weighted by atomic mass is 10.0. The number of rotatable bonds is 15. The highest BCUT2D eigenvalue weighted by atomic mass is 79.9. The van der Waals surface area contributed by atoms with Crippen LogP contribution in [0.25, 0.3) is 11.7 Å². The van der Waals surface area contributed by atoms with E-state index in [1.807, 2.05) is 12.1 Å². The minimum absolute atomic E-state index is 0.127. The van der Waals surface area contributed by atoms with Crippen LogP contribution >= 0.6 is 15.9 Å². The fraction of sp³-hybridized carbons (Fsp3) is 0.714. The topological polar surface area (TPSA) is 52.1 Å². The zero-order valence-electron chi connectivity index (χ0n) is 16.1. The molecule has 0 saturated carbocycles. The molecule has 0 aromatic carbocycles. The van der Waals surface area contributed by atoms with Gasteiger partial charge in [0.1, 0.15) is 0 Å². The third-order valence-electron chi connectivity index (χ3n) is 4.75. The van der Waals surface area contributed by atoms with Gasteiger partial charge in [-0.2, -0.15) is 0 Å². The first kappa shape index (κ1) is 21.2. The van der Waals surface area contributed by atoms with E-state index < -0.39 is 0 Å². The lowest BCUT2D eigenvalue weighted by Gasteiger charge is -2.05. The molecule has 5 heteroatoms. The fourth-order valence-corrected chi connectivity index (χ4v) is 3.66. The summed E-state index contributed by atoms with van der Waals surface area (Å²) in [7, 11) is 0. The number of aromatic nitrogens is 2. The monoisotopic (exact) mass is 424 g/mol. The number of alkyl halides is 1. The first-order valence-corrected chi connectivity index (χ1v) is 11.2. The van der Waals surface area contributed by atoms with Crippen LogP contribution in [-0.2, 0) is 0 Å². The van der Waals surface area contributed by atoms with Crippen molar-refractivity contribution in [2.75, 3.05) is 0 Å². The molecule has 1 atom stereocenters. The second-order valence-electron chi connectivity index (χ2n) is 7.07. The lowest BCUT2D eigenvalue weighted by molar-refractivity contribution is 0.465. The second-order valence-corrected chi connectivity index (χ2v) is 8.17. The molecule has 0 aliphatic carbocycles. The van der Waals surface area contributed by atoms with E-state index in [1.165, 1.54) is 77.0 Å². The maximum atomic E-state index is 5.68. The van der Waals surface area contributed by atoms with Crippen molar-refractivity contribution in [1.82, 2.24) is 10.2 Å². The summed E-state index contributed by atoms with van der Waals surface area (Å²) in [4.78, 5) is 0.127. The Bertz CT molecular complexity index is 568. The number of halogens is 1. The lowest BCUT2D eigenvalue weighted by Crippen LogP contribution is -1.91. The molecule has 2 heterocycles. The molecule has 0 saturated heterocycles. The molecule has 0 fully saturated rings. The molecule has 0 spiro atoms. The van der Waals surface area contributed by atoms with Gasteiger partial charge in [0.2, 0.25) is 5.89 Å². The summed E-state index contributed by atoms with van der Waals surface area (Å²) >= 11 is 3.66. The molecule has 0 N–H and O–H groups in total. The van der Waals surface area contributed by atoms with Gasteiger partial charge in [-0.3, -0.25) is 0 Å². The summed E-state index contributed by atoms with van der Waals surface area (Å²) in [5.74, 6) is 1.71. The standard InChI is InChI=1S/C21H33BrN2O2/c1-2-3-4-5-6-7-8-9-10-11-12-13-15-18(22)20-23-24-21(26-20)19-16-14-17-25-19/h14,16-18H,2-13,15H2,1H3. The minimum Gasteiger partial charge on any atom is -0.459 e. The van der Waals surface area contributed by atoms with Crippen molar-refractivity contribution >= 4 is 15.9 Å². The van der Waals surface area contributed by atoms with Crippen molar-refractivity contribution < 1.29 is 8.83 Å². The van der Waals surface area contributed by atoms with E-state index in [-0.39, 0.29) is 4.83 Å². The Kier molecular flexibility index (Phi) is 10.7. The second kappa shape index (κ2) is 13.1. The molecule has 146 valence electrons. The average Bonchev–Trinajstić information content (AvgIpc) is 3.33. The van der Waals surface area contributed by atoms with Crippen molar-refractivity contribution in [1.29, 1.82) is 0 Å². The van der Waals surface area contributed by atoms with Crippen LogP contribution in [-0.4, -0.2) is 10.2 Å². The molecule has 0 radical (unpaired) electrons. The molecular formula is C21H33BrN2O2. The van der Waals surface area contributed by atoms with Gasteiger partial charge < -0.3 is 8.83 Å². The van der Waals surface area contributed by atoms with Crippen LogP contribution in [0.4, 0.5) is 0 Å². The molecule has 0 aliphatic rings. The van der Waals surface area contributed by atoms with Gasteiger partial charge in [-0.25, -0.2) is 0 Å². The number of hydrogen-bond acceptors (Lipinski definition) is 4. The van der Waals surface area contributed by atoms with Crippen LogP contribution in [0.2, 0.25) is 0 Å². The molecule has 0 aliphatic heterocycles. The molecule has 0 amide bonds. The third kappa shape index (κ3) is 8.07. The summed E-state index contributed by atoms with van der Waals surface area (Å²) in [5, 5.41) is 8.17. The third-order valence-corrected chi connectivity index (χ3v) is 5.60. The van der Waals surface area contributed by atoms with Gasteiger partial charge >= 0.3 is 0 Å². The minimum atomic E-state index is 0.127. The Morgan fingerprint density at radius 3 is 2.08 bits per heavy atom. The maximum Gasteiger partial charge on any atom is 0.283 e. The Hall–Kier alpha value is -1.10. The van der Waals surface area contributed by atoms with Crippen LogP contribution in [0, 0.1) is 0 Å². The van der Waals surface area contributed by atoms with Crippen molar-refractivity contribution in [3.63, 3.8) is 0 Å². The SMILES string of the molecule is CCCCCCCCCCCCCCC(Br)c1nnc(-c2ccco2)o1. The van der Waals surface area contributed by atoms with Gasteiger partial charge in [0.15, 0.2) is 5.76 Å². The Balaban J connectivity index is 1.46. The summed E-state index contributed by atoms with van der Waals surface area (Å²) in [6, 6.07) is 3.64. The van der Waals surface area contributed by atoms with Gasteiger partial charge in [0.05, 0.1) is 11.1 Å². The van der Waals surface area contributed by atoms with Gasteiger partial charge in [0, 0.05) is 0 Å². The van der Waals surface area contributed by atoms with Crippen LogP contribution in [0.15, 0.2) is 27.2 Å². The number of nitrogens with zero attached hydrogens (tertiary/aromatic N) is 2. The number of unbranched alkanes of at least 4 members (excludes halogenated alkanes) is 11. The first-order valence-electron chi connectivity index (χ1n) is 10.3. The van der Waals surface area contributed by atoms with Crippen LogP contribution in [0.1, 0.15) is 101 Å². The summed E-state index contributed by atoms with van der Waals surface area (Å²) in [6.45, 7) is 2.28. The molecule has 26 heavy (non-hydrogen) atoms. The summed E-state index contributed by atoms with van der Waals surface area (Å²) < 4.78 is 11.0. The first-order chi connectivity index (χ1) is 12.8. The van der Waals surface area contributed by atoms with E-state index in [1.54, 1.807) is 6.26 Å².